The van der Waals surface area contributed by atoms with Gasteiger partial charge in [0, 0.05) is 11.6 Å². The summed E-state index contributed by atoms with van der Waals surface area (Å²) in [6.45, 7) is 1.89. The predicted molar refractivity (Wildman–Crippen MR) is 114 cm³/mol. The van der Waals surface area contributed by atoms with Crippen molar-refractivity contribution in [3.63, 3.8) is 0 Å². The van der Waals surface area contributed by atoms with Crippen molar-refractivity contribution in [1.29, 1.82) is 0 Å². The minimum Gasteiger partial charge on any atom is -0.478 e. The molecule has 4 rings (SSSR count). The number of hydrogen-bond donors (Lipinski definition) is 1. The second-order valence-corrected chi connectivity index (χ2v) is 7.92. The number of aromatic carboxylic acids is 1. The fourth-order valence-electron chi connectivity index (χ4n) is 3.13. The first kappa shape index (κ1) is 20.6. The van der Waals surface area contributed by atoms with Crippen LogP contribution in [-0.2, 0) is 11.3 Å². The van der Waals surface area contributed by atoms with Gasteiger partial charge >= 0.3 is 5.97 Å². The quantitative estimate of drug-likeness (QED) is 0.543. The van der Waals surface area contributed by atoms with E-state index >= 15 is 0 Å². The van der Waals surface area contributed by atoms with Crippen molar-refractivity contribution in [2.24, 2.45) is 0 Å². The smallest absolute Gasteiger partial charge is 0.335 e. The lowest BCUT2D eigenvalue weighted by molar-refractivity contribution is -0.123. The molecule has 2 heterocycles. The number of halogens is 1. The maximum absolute atomic E-state index is 13.1. The summed E-state index contributed by atoms with van der Waals surface area (Å²) in [4.78, 5) is 37.5. The molecule has 0 saturated carbocycles. The number of rotatable bonds is 5. The summed E-state index contributed by atoms with van der Waals surface area (Å²) in [5, 5.41) is 8.79. The number of hydrogen-bond acceptors (Lipinski definition) is 5. The van der Waals surface area contributed by atoms with Crippen LogP contribution < -0.4 is 0 Å². The van der Waals surface area contributed by atoms with Crippen molar-refractivity contribution in [1.82, 2.24) is 4.90 Å². The molecule has 0 radical (unpaired) electrons. The number of carboxylic acid groups (broad SMARTS) is 1. The van der Waals surface area contributed by atoms with E-state index in [0.717, 1.165) is 22.2 Å². The van der Waals surface area contributed by atoms with Gasteiger partial charge < -0.3 is 9.52 Å². The molecule has 1 fully saturated rings. The van der Waals surface area contributed by atoms with E-state index in [-0.39, 0.29) is 17.0 Å². The molecular weight excluding hydrogens is 421 g/mol. The molecule has 0 unspecified atom stereocenters. The molecule has 1 saturated heterocycles. The molecule has 0 bridgehead atoms. The Bertz CT molecular complexity index is 1230. The van der Waals surface area contributed by atoms with E-state index in [1.165, 1.54) is 42.5 Å². The Labute approximate surface area is 181 Å². The maximum Gasteiger partial charge on any atom is 0.335 e. The summed E-state index contributed by atoms with van der Waals surface area (Å²) in [5.74, 6) is -1.07. The highest BCUT2D eigenvalue weighted by atomic mass is 32.2. The molecule has 8 heteroatoms. The Kier molecular flexibility index (Phi) is 5.48. The number of aryl methyl sites for hydroxylation is 1. The highest BCUT2D eigenvalue weighted by molar-refractivity contribution is 8.18. The molecule has 31 heavy (non-hydrogen) atoms. The number of benzene rings is 2. The van der Waals surface area contributed by atoms with Crippen LogP contribution in [0.4, 0.5) is 9.18 Å². The second kappa shape index (κ2) is 8.23. The monoisotopic (exact) mass is 437 g/mol. The minimum absolute atomic E-state index is 0.0485. The largest absolute Gasteiger partial charge is 0.478 e. The molecule has 2 aromatic carbocycles. The van der Waals surface area contributed by atoms with Gasteiger partial charge in [0.05, 0.1) is 17.0 Å². The molecule has 1 aliphatic rings. The Morgan fingerprint density at radius 3 is 2.58 bits per heavy atom. The van der Waals surface area contributed by atoms with Crippen LogP contribution in [0.5, 0.6) is 0 Å². The van der Waals surface area contributed by atoms with Crippen molar-refractivity contribution in [2.75, 3.05) is 0 Å². The number of imide groups is 1. The molecule has 1 N–H and O–H groups in total. The van der Waals surface area contributed by atoms with Gasteiger partial charge in [0.15, 0.2) is 0 Å². The fourth-order valence-corrected chi connectivity index (χ4v) is 3.95. The summed E-state index contributed by atoms with van der Waals surface area (Å²) in [7, 11) is 0. The summed E-state index contributed by atoms with van der Waals surface area (Å²) in [6.07, 6.45) is 1.48. The third-order valence-electron chi connectivity index (χ3n) is 4.78. The van der Waals surface area contributed by atoms with Crippen molar-refractivity contribution in [3.05, 3.63) is 87.8 Å². The van der Waals surface area contributed by atoms with E-state index < -0.39 is 22.9 Å². The molecule has 3 aromatic rings. The second-order valence-electron chi connectivity index (χ2n) is 6.93. The first-order chi connectivity index (χ1) is 14.8. The minimum atomic E-state index is -1.04. The molecule has 156 valence electrons. The molecule has 0 aliphatic carbocycles. The highest BCUT2D eigenvalue weighted by Gasteiger charge is 2.35. The summed E-state index contributed by atoms with van der Waals surface area (Å²) < 4.78 is 18.9. The summed E-state index contributed by atoms with van der Waals surface area (Å²) in [6, 6.07) is 13.7. The van der Waals surface area contributed by atoms with Gasteiger partial charge in [-0.25, -0.2) is 9.18 Å². The number of carbonyl (C=O) groups excluding carboxylic acids is 2. The molecule has 2 amide bonds. The standard InChI is InChI=1S/C23H16FNO5S/c1-13-2-5-15(22(27)28)10-18(13)19-9-8-17(30-19)11-20-21(26)25(23(29)31-20)12-14-3-6-16(24)7-4-14/h2-11H,12H2,1H3,(H,27,28)/b20-11-. The molecule has 1 aliphatic heterocycles. The normalized spacial score (nSPS) is 15.2. The average molecular weight is 437 g/mol. The van der Waals surface area contributed by atoms with Gasteiger partial charge in [0.1, 0.15) is 17.3 Å². The molecular formula is C23H16FNO5S. The van der Waals surface area contributed by atoms with Crippen molar-refractivity contribution >= 4 is 35.0 Å². The van der Waals surface area contributed by atoms with Gasteiger partial charge in [-0.05, 0) is 66.2 Å². The Hall–Kier alpha value is -3.65. The highest BCUT2D eigenvalue weighted by Crippen LogP contribution is 2.34. The zero-order valence-electron chi connectivity index (χ0n) is 16.3. The van der Waals surface area contributed by atoms with Gasteiger partial charge in [-0.1, -0.05) is 18.2 Å². The van der Waals surface area contributed by atoms with Crippen LogP contribution in [0.3, 0.4) is 0 Å². The third-order valence-corrected chi connectivity index (χ3v) is 5.69. The molecule has 0 spiro atoms. The summed E-state index contributed by atoms with van der Waals surface area (Å²) in [5.41, 5.74) is 2.24. The Morgan fingerprint density at radius 2 is 1.87 bits per heavy atom. The number of carboxylic acids is 1. The third kappa shape index (κ3) is 4.29. The lowest BCUT2D eigenvalue weighted by Gasteiger charge is -2.12. The topological polar surface area (TPSA) is 87.8 Å². The predicted octanol–water partition coefficient (Wildman–Crippen LogP) is 5.33. The fraction of sp³-hybridized carbons (Fsp3) is 0.0870. The zero-order chi connectivity index (χ0) is 22.1. The first-order valence-corrected chi connectivity index (χ1v) is 10.1. The van der Waals surface area contributed by atoms with Crippen molar-refractivity contribution < 1.29 is 28.3 Å². The van der Waals surface area contributed by atoms with Gasteiger partial charge in [-0.2, -0.15) is 0 Å². The average Bonchev–Trinajstić information content (AvgIpc) is 3.30. The van der Waals surface area contributed by atoms with Crippen LogP contribution in [0.15, 0.2) is 63.9 Å². The van der Waals surface area contributed by atoms with E-state index in [9.17, 15) is 23.9 Å². The van der Waals surface area contributed by atoms with E-state index in [1.54, 1.807) is 18.2 Å². The lowest BCUT2D eigenvalue weighted by atomic mass is 10.0. The van der Waals surface area contributed by atoms with Crippen LogP contribution in [0, 0.1) is 12.7 Å². The lowest BCUT2D eigenvalue weighted by Crippen LogP contribution is -2.27. The van der Waals surface area contributed by atoms with Gasteiger partial charge in [0.25, 0.3) is 11.1 Å². The molecule has 0 atom stereocenters. The zero-order valence-corrected chi connectivity index (χ0v) is 17.1. The number of amides is 2. The van der Waals surface area contributed by atoms with Gasteiger partial charge in [-0.3, -0.25) is 14.5 Å². The van der Waals surface area contributed by atoms with E-state index in [0.29, 0.717) is 22.6 Å². The number of nitrogens with zero attached hydrogens (tertiary/aromatic N) is 1. The summed E-state index contributed by atoms with van der Waals surface area (Å²) >= 11 is 0.800. The van der Waals surface area contributed by atoms with Crippen LogP contribution in [-0.4, -0.2) is 27.1 Å². The van der Waals surface area contributed by atoms with Crippen LogP contribution >= 0.6 is 11.8 Å². The van der Waals surface area contributed by atoms with E-state index in [2.05, 4.69) is 0 Å². The van der Waals surface area contributed by atoms with Crippen LogP contribution in [0.25, 0.3) is 17.4 Å². The van der Waals surface area contributed by atoms with Crippen LogP contribution in [0.2, 0.25) is 0 Å². The Balaban J connectivity index is 1.56. The van der Waals surface area contributed by atoms with Crippen LogP contribution in [0.1, 0.15) is 27.2 Å². The first-order valence-electron chi connectivity index (χ1n) is 9.26. The molecule has 6 nitrogen and oxygen atoms in total. The number of thioether (sulfide) groups is 1. The maximum atomic E-state index is 13.1. The number of furan rings is 1. The van der Waals surface area contributed by atoms with Gasteiger partial charge in [0.2, 0.25) is 0 Å². The molecule has 1 aromatic heterocycles. The Morgan fingerprint density at radius 1 is 1.13 bits per heavy atom. The van der Waals surface area contributed by atoms with E-state index in [4.69, 9.17) is 4.42 Å². The number of carbonyl (C=O) groups is 3. The van der Waals surface area contributed by atoms with Crippen molar-refractivity contribution in [2.45, 2.75) is 13.5 Å². The van der Waals surface area contributed by atoms with Gasteiger partial charge in [-0.15, -0.1) is 0 Å². The van der Waals surface area contributed by atoms with Crippen molar-refractivity contribution in [3.8, 4) is 11.3 Å². The SMILES string of the molecule is Cc1ccc(C(=O)O)cc1-c1ccc(/C=C2\SC(=O)N(Cc3ccc(F)cc3)C2=O)o1. The van der Waals surface area contributed by atoms with E-state index in [1.807, 2.05) is 6.92 Å².